The van der Waals surface area contributed by atoms with Crippen molar-refractivity contribution in [1.82, 2.24) is 5.32 Å². The van der Waals surface area contributed by atoms with Crippen molar-refractivity contribution >= 4 is 17.2 Å². The van der Waals surface area contributed by atoms with E-state index in [1.165, 1.54) is 18.0 Å². The van der Waals surface area contributed by atoms with Gasteiger partial charge in [-0.25, -0.2) is 0 Å². The maximum absolute atomic E-state index is 13.4. The third kappa shape index (κ3) is 4.98. The number of likely N-dealkylation sites (N-methyl/N-ethyl adjacent to an activating group) is 1. The topological polar surface area (TPSA) is 38.0 Å². The number of hydrogen-bond acceptors (Lipinski definition) is 2. The second kappa shape index (κ2) is 10.0. The monoisotopic (exact) mass is 421 g/mol. The Kier molecular flexibility index (Phi) is 6.95. The molecule has 0 bridgehead atoms. The van der Waals surface area contributed by atoms with Crippen LogP contribution in [0.4, 0.5) is 0 Å². The van der Waals surface area contributed by atoms with E-state index in [0.29, 0.717) is 12.6 Å². The Morgan fingerprint density at radius 1 is 0.900 bits per heavy atom. The van der Waals surface area contributed by atoms with Crippen LogP contribution in [0.2, 0.25) is 0 Å². The first kappa shape index (κ1) is 20.8. The van der Waals surface area contributed by atoms with E-state index in [1.807, 2.05) is 60.7 Å². The highest BCUT2D eigenvalue weighted by molar-refractivity contribution is 7.10. The number of carbonyl (C=O) groups excluding carboxylic acids is 1. The smallest absolute Gasteiger partial charge is 0.232 e. The lowest BCUT2D eigenvalue weighted by atomic mass is 9.90. The molecule has 0 radical (unpaired) electrons. The standard InChI is InChI=1S/C25H29N3OS/c1-27-14-16-28(17-15-27)22(23-13-8-18-30-23)19-26-25(29)24(20-9-4-2-5-10-20)21-11-6-3-7-12-21/h2-13,18,22,24H,14-17,19H2,1H3,(H,26,29)/p+2/t22-/m1/s1. The molecule has 1 amide bonds. The molecule has 1 atom stereocenters. The Morgan fingerprint density at radius 2 is 1.50 bits per heavy atom. The van der Waals surface area contributed by atoms with Crippen LogP contribution in [0.25, 0.3) is 0 Å². The summed E-state index contributed by atoms with van der Waals surface area (Å²) in [5.41, 5.74) is 2.06. The van der Waals surface area contributed by atoms with Gasteiger partial charge in [0.2, 0.25) is 5.91 Å². The van der Waals surface area contributed by atoms with Crippen LogP contribution < -0.4 is 15.1 Å². The Hall–Kier alpha value is -2.47. The van der Waals surface area contributed by atoms with Crippen LogP contribution in [0, 0.1) is 0 Å². The number of thiophene rings is 1. The molecule has 0 spiro atoms. The fourth-order valence-electron chi connectivity index (χ4n) is 4.37. The van der Waals surface area contributed by atoms with Crippen molar-refractivity contribution in [2.75, 3.05) is 39.8 Å². The molecular formula is C25H31N3OS+2. The molecule has 3 N–H and O–H groups in total. The van der Waals surface area contributed by atoms with E-state index in [9.17, 15) is 4.79 Å². The predicted molar refractivity (Wildman–Crippen MR) is 122 cm³/mol. The fourth-order valence-corrected chi connectivity index (χ4v) is 5.26. The number of hydrogen-bond donors (Lipinski definition) is 3. The SMILES string of the molecule is C[NH+]1CC[NH+]([C@H](CNC(=O)C(c2ccccc2)c2ccccc2)c2cccs2)CC1. The van der Waals surface area contributed by atoms with E-state index < -0.39 is 0 Å². The number of nitrogens with one attached hydrogen (secondary N) is 3. The van der Waals surface area contributed by atoms with Gasteiger partial charge in [0, 0.05) is 0 Å². The molecule has 3 aromatic rings. The molecule has 2 aromatic carbocycles. The van der Waals surface area contributed by atoms with Gasteiger partial charge in [-0.15, -0.1) is 11.3 Å². The van der Waals surface area contributed by atoms with Crippen molar-refractivity contribution in [2.24, 2.45) is 0 Å². The zero-order chi connectivity index (χ0) is 20.8. The lowest BCUT2D eigenvalue weighted by Gasteiger charge is -2.33. The van der Waals surface area contributed by atoms with Crippen molar-refractivity contribution in [2.45, 2.75) is 12.0 Å². The highest BCUT2D eigenvalue weighted by Gasteiger charge is 2.31. The molecule has 30 heavy (non-hydrogen) atoms. The summed E-state index contributed by atoms with van der Waals surface area (Å²) in [7, 11) is 2.27. The molecule has 0 aliphatic carbocycles. The summed E-state index contributed by atoms with van der Waals surface area (Å²) in [5, 5.41) is 5.46. The van der Waals surface area contributed by atoms with Gasteiger partial charge in [-0.2, -0.15) is 0 Å². The lowest BCUT2D eigenvalue weighted by molar-refractivity contribution is -1.02. The van der Waals surface area contributed by atoms with Crippen molar-refractivity contribution in [3.8, 4) is 0 Å². The third-order valence-electron chi connectivity index (χ3n) is 6.13. The van der Waals surface area contributed by atoms with Gasteiger partial charge in [0.05, 0.1) is 24.4 Å². The number of amides is 1. The molecule has 5 heteroatoms. The van der Waals surface area contributed by atoms with Gasteiger partial charge in [-0.3, -0.25) is 4.79 Å². The fraction of sp³-hybridized carbons (Fsp3) is 0.320. The number of piperazine rings is 1. The number of quaternary nitrogens is 2. The highest BCUT2D eigenvalue weighted by atomic mass is 32.1. The van der Waals surface area contributed by atoms with Crippen molar-refractivity contribution in [1.29, 1.82) is 0 Å². The molecule has 1 saturated heterocycles. The highest BCUT2D eigenvalue weighted by Crippen LogP contribution is 2.25. The van der Waals surface area contributed by atoms with Gasteiger partial charge in [0.1, 0.15) is 32.2 Å². The van der Waals surface area contributed by atoms with Gasteiger partial charge in [-0.05, 0) is 22.6 Å². The Labute approximate surface area is 183 Å². The molecule has 0 saturated carbocycles. The van der Waals surface area contributed by atoms with Crippen LogP contribution in [-0.2, 0) is 4.79 Å². The quantitative estimate of drug-likeness (QED) is 0.526. The summed E-state index contributed by atoms with van der Waals surface area (Å²) in [6, 6.07) is 24.8. The first-order valence-corrected chi connectivity index (χ1v) is 11.7. The predicted octanol–water partition coefficient (Wildman–Crippen LogP) is 1.15. The minimum atomic E-state index is -0.289. The average Bonchev–Trinajstić information content (AvgIpc) is 3.31. The summed E-state index contributed by atoms with van der Waals surface area (Å²) in [6.45, 7) is 5.32. The zero-order valence-corrected chi connectivity index (χ0v) is 18.3. The molecule has 0 unspecified atom stereocenters. The average molecular weight is 422 g/mol. The van der Waals surface area contributed by atoms with E-state index in [2.05, 4.69) is 29.9 Å². The minimum Gasteiger partial charge on any atom is -0.349 e. The van der Waals surface area contributed by atoms with Gasteiger partial charge >= 0.3 is 0 Å². The molecule has 156 valence electrons. The Bertz CT molecular complexity index is 867. The van der Waals surface area contributed by atoms with Crippen LogP contribution in [0.3, 0.4) is 0 Å². The minimum absolute atomic E-state index is 0.0770. The number of carbonyl (C=O) groups is 1. The van der Waals surface area contributed by atoms with Crippen LogP contribution in [0.5, 0.6) is 0 Å². The van der Waals surface area contributed by atoms with E-state index in [0.717, 1.165) is 24.2 Å². The molecule has 1 aliphatic rings. The van der Waals surface area contributed by atoms with Crippen molar-refractivity contribution in [3.63, 3.8) is 0 Å². The van der Waals surface area contributed by atoms with E-state index >= 15 is 0 Å². The Morgan fingerprint density at radius 3 is 2.03 bits per heavy atom. The second-order valence-corrected chi connectivity index (χ2v) is 9.16. The van der Waals surface area contributed by atoms with Crippen LogP contribution in [0.1, 0.15) is 28.0 Å². The zero-order valence-electron chi connectivity index (χ0n) is 17.5. The number of benzene rings is 2. The van der Waals surface area contributed by atoms with E-state index in [-0.39, 0.29) is 11.8 Å². The third-order valence-corrected chi connectivity index (χ3v) is 7.12. The molecule has 4 rings (SSSR count). The molecular weight excluding hydrogens is 390 g/mol. The second-order valence-electron chi connectivity index (χ2n) is 8.18. The molecule has 1 aliphatic heterocycles. The largest absolute Gasteiger partial charge is 0.349 e. The van der Waals surface area contributed by atoms with Gasteiger partial charge in [-0.1, -0.05) is 66.7 Å². The first-order valence-electron chi connectivity index (χ1n) is 10.8. The van der Waals surface area contributed by atoms with Gasteiger partial charge in [0.15, 0.2) is 0 Å². The summed E-state index contributed by atoms with van der Waals surface area (Å²) >= 11 is 1.80. The first-order chi connectivity index (χ1) is 14.7. The summed E-state index contributed by atoms with van der Waals surface area (Å²) < 4.78 is 0. The van der Waals surface area contributed by atoms with Gasteiger partial charge < -0.3 is 15.1 Å². The van der Waals surface area contributed by atoms with Crippen LogP contribution in [0.15, 0.2) is 78.2 Å². The summed E-state index contributed by atoms with van der Waals surface area (Å²) in [6.07, 6.45) is 0. The normalized spacial score (nSPS) is 20.1. The van der Waals surface area contributed by atoms with Crippen LogP contribution in [-0.4, -0.2) is 45.7 Å². The summed E-state index contributed by atoms with van der Waals surface area (Å²) in [4.78, 5) is 18.0. The van der Waals surface area contributed by atoms with Crippen molar-refractivity contribution < 1.29 is 14.6 Å². The van der Waals surface area contributed by atoms with Gasteiger partial charge in [0.25, 0.3) is 0 Å². The Balaban J connectivity index is 1.52. The maximum Gasteiger partial charge on any atom is 0.232 e. The molecule has 4 nitrogen and oxygen atoms in total. The van der Waals surface area contributed by atoms with E-state index in [1.54, 1.807) is 21.1 Å². The summed E-state index contributed by atoms with van der Waals surface area (Å²) in [5.74, 6) is -0.212. The molecule has 1 fully saturated rings. The maximum atomic E-state index is 13.4. The van der Waals surface area contributed by atoms with Crippen molar-refractivity contribution in [3.05, 3.63) is 94.2 Å². The number of rotatable bonds is 7. The molecule has 1 aromatic heterocycles. The lowest BCUT2D eigenvalue weighted by Crippen LogP contribution is -3.27. The van der Waals surface area contributed by atoms with E-state index in [4.69, 9.17) is 0 Å². The van der Waals surface area contributed by atoms with Crippen LogP contribution >= 0.6 is 11.3 Å². The molecule has 2 heterocycles.